The number of rotatable bonds is 2. The van der Waals surface area contributed by atoms with Crippen molar-refractivity contribution in [1.82, 2.24) is 10.6 Å². The Labute approximate surface area is 115 Å². The number of hydrogen-bond donors (Lipinski definition) is 2. The molecule has 4 saturated heterocycles. The molecule has 0 aromatic carbocycles. The SMILES string of the molecule is O=C(OC1OCC12CNC2)C(=O)OC1OCC12CNC2. The number of carbonyl (C=O) groups excluding carboxylic acids is 2. The highest BCUT2D eigenvalue weighted by Gasteiger charge is 2.57. The summed E-state index contributed by atoms with van der Waals surface area (Å²) in [5.41, 5.74) is -0.302. The Morgan fingerprint density at radius 2 is 1.25 bits per heavy atom. The Kier molecular flexibility index (Phi) is 2.59. The molecule has 8 heteroatoms. The minimum absolute atomic E-state index is 0.151. The number of carbonyl (C=O) groups is 2. The van der Waals surface area contributed by atoms with E-state index in [9.17, 15) is 9.59 Å². The van der Waals surface area contributed by atoms with Gasteiger partial charge in [0.1, 0.15) is 0 Å². The van der Waals surface area contributed by atoms with Crippen molar-refractivity contribution in [3.8, 4) is 0 Å². The molecule has 4 fully saturated rings. The van der Waals surface area contributed by atoms with Gasteiger partial charge in [-0.3, -0.25) is 0 Å². The van der Waals surface area contributed by atoms with Gasteiger partial charge in [0.2, 0.25) is 12.6 Å². The Bertz CT molecular complexity index is 406. The molecular weight excluding hydrogens is 268 g/mol. The second kappa shape index (κ2) is 4.14. The highest BCUT2D eigenvalue weighted by Crippen LogP contribution is 2.40. The molecule has 4 rings (SSSR count). The van der Waals surface area contributed by atoms with E-state index in [0.29, 0.717) is 13.2 Å². The van der Waals surface area contributed by atoms with Crippen LogP contribution in [0, 0.1) is 10.8 Å². The summed E-state index contributed by atoms with van der Waals surface area (Å²) in [7, 11) is 0. The van der Waals surface area contributed by atoms with Gasteiger partial charge in [0.15, 0.2) is 0 Å². The molecule has 4 aliphatic rings. The highest BCUT2D eigenvalue weighted by atomic mass is 16.8. The summed E-state index contributed by atoms with van der Waals surface area (Å²) in [6.07, 6.45) is -1.30. The molecule has 0 aromatic heterocycles. The molecule has 0 aromatic rings. The molecule has 2 spiro atoms. The lowest BCUT2D eigenvalue weighted by Gasteiger charge is -2.54. The van der Waals surface area contributed by atoms with Gasteiger partial charge in [-0.05, 0) is 0 Å². The quantitative estimate of drug-likeness (QED) is 0.442. The van der Waals surface area contributed by atoms with Crippen LogP contribution < -0.4 is 10.6 Å². The molecule has 2 unspecified atom stereocenters. The van der Waals surface area contributed by atoms with Gasteiger partial charge in [0.25, 0.3) is 0 Å². The monoisotopic (exact) mass is 284 g/mol. The van der Waals surface area contributed by atoms with Crippen molar-refractivity contribution in [3.63, 3.8) is 0 Å². The lowest BCUT2D eigenvalue weighted by Crippen LogP contribution is -2.71. The fourth-order valence-electron chi connectivity index (χ4n) is 2.81. The summed E-state index contributed by atoms with van der Waals surface area (Å²) in [4.78, 5) is 23.4. The first-order valence-corrected chi connectivity index (χ1v) is 6.70. The molecule has 0 saturated carbocycles. The van der Waals surface area contributed by atoms with Gasteiger partial charge in [-0.1, -0.05) is 0 Å². The van der Waals surface area contributed by atoms with Crippen LogP contribution in [-0.2, 0) is 28.5 Å². The van der Waals surface area contributed by atoms with E-state index in [1.807, 2.05) is 0 Å². The molecule has 0 radical (unpaired) electrons. The van der Waals surface area contributed by atoms with Crippen molar-refractivity contribution in [1.29, 1.82) is 0 Å². The van der Waals surface area contributed by atoms with Crippen molar-refractivity contribution in [2.75, 3.05) is 39.4 Å². The maximum Gasteiger partial charge on any atom is 0.419 e. The van der Waals surface area contributed by atoms with E-state index in [-0.39, 0.29) is 10.8 Å². The van der Waals surface area contributed by atoms with Gasteiger partial charge >= 0.3 is 11.9 Å². The van der Waals surface area contributed by atoms with Crippen LogP contribution in [0.15, 0.2) is 0 Å². The minimum Gasteiger partial charge on any atom is -0.427 e. The molecule has 110 valence electrons. The lowest BCUT2D eigenvalue weighted by molar-refractivity contribution is -0.319. The topological polar surface area (TPSA) is 95.1 Å². The third-order valence-electron chi connectivity index (χ3n) is 4.55. The fourth-order valence-corrected chi connectivity index (χ4v) is 2.81. The largest absolute Gasteiger partial charge is 0.427 e. The first kappa shape index (κ1) is 12.5. The van der Waals surface area contributed by atoms with Crippen molar-refractivity contribution in [3.05, 3.63) is 0 Å². The van der Waals surface area contributed by atoms with Gasteiger partial charge in [-0.2, -0.15) is 0 Å². The highest BCUT2D eigenvalue weighted by molar-refractivity contribution is 6.29. The van der Waals surface area contributed by atoms with E-state index in [1.165, 1.54) is 0 Å². The number of ether oxygens (including phenoxy) is 4. The molecular formula is C12H16N2O6. The maximum absolute atomic E-state index is 11.7. The fraction of sp³-hybridized carbons (Fsp3) is 0.833. The van der Waals surface area contributed by atoms with Crippen molar-refractivity contribution in [2.24, 2.45) is 10.8 Å². The van der Waals surface area contributed by atoms with Crippen molar-refractivity contribution in [2.45, 2.75) is 12.6 Å². The summed E-state index contributed by atoms with van der Waals surface area (Å²) < 4.78 is 20.5. The third-order valence-corrected chi connectivity index (χ3v) is 4.55. The zero-order chi connectivity index (χ0) is 13.8. The predicted octanol–water partition coefficient (Wildman–Crippen LogP) is -2.04. The molecule has 8 nitrogen and oxygen atoms in total. The molecule has 4 heterocycles. The van der Waals surface area contributed by atoms with Crippen LogP contribution in [0.1, 0.15) is 0 Å². The molecule has 2 atom stereocenters. The van der Waals surface area contributed by atoms with Crippen LogP contribution in [0.4, 0.5) is 0 Å². The molecule has 0 bridgehead atoms. The zero-order valence-electron chi connectivity index (χ0n) is 10.8. The van der Waals surface area contributed by atoms with Gasteiger partial charge < -0.3 is 29.6 Å². The first-order chi connectivity index (χ1) is 9.64. The van der Waals surface area contributed by atoms with E-state index in [0.717, 1.165) is 26.2 Å². The second-order valence-electron chi connectivity index (χ2n) is 6.03. The van der Waals surface area contributed by atoms with Gasteiger partial charge in [0, 0.05) is 26.2 Å². The molecule has 0 amide bonds. The van der Waals surface area contributed by atoms with Gasteiger partial charge in [0.05, 0.1) is 24.0 Å². The van der Waals surface area contributed by atoms with Crippen molar-refractivity contribution < 1.29 is 28.5 Å². The summed E-state index contributed by atoms with van der Waals surface area (Å²) >= 11 is 0. The minimum atomic E-state index is -1.01. The average Bonchev–Trinajstić information content (AvgIpc) is 2.25. The van der Waals surface area contributed by atoms with E-state index in [4.69, 9.17) is 18.9 Å². The Balaban J connectivity index is 1.29. The standard InChI is InChI=1S/C12H16N2O6/c15-7(19-9-11(5-17-9)1-13-2-11)8(16)20-10-12(6-18-10)3-14-4-12/h9-10,13-14H,1-6H2. The molecule has 4 aliphatic heterocycles. The predicted molar refractivity (Wildman–Crippen MR) is 62.3 cm³/mol. The van der Waals surface area contributed by atoms with Gasteiger partial charge in [-0.25, -0.2) is 9.59 Å². The Morgan fingerprint density at radius 1 is 0.850 bits per heavy atom. The van der Waals surface area contributed by atoms with Gasteiger partial charge in [-0.15, -0.1) is 0 Å². The zero-order valence-corrected chi connectivity index (χ0v) is 10.8. The maximum atomic E-state index is 11.7. The van der Waals surface area contributed by atoms with Crippen LogP contribution in [0.25, 0.3) is 0 Å². The van der Waals surface area contributed by atoms with Crippen LogP contribution >= 0.6 is 0 Å². The van der Waals surface area contributed by atoms with Crippen LogP contribution in [0.3, 0.4) is 0 Å². The molecule has 2 N–H and O–H groups in total. The second-order valence-corrected chi connectivity index (χ2v) is 6.03. The molecule has 20 heavy (non-hydrogen) atoms. The van der Waals surface area contributed by atoms with E-state index in [1.54, 1.807) is 0 Å². The Morgan fingerprint density at radius 3 is 1.45 bits per heavy atom. The van der Waals surface area contributed by atoms with Crippen molar-refractivity contribution >= 4 is 11.9 Å². The smallest absolute Gasteiger partial charge is 0.419 e. The van der Waals surface area contributed by atoms with Crippen LogP contribution in [-0.4, -0.2) is 63.9 Å². The van der Waals surface area contributed by atoms with Crippen LogP contribution in [0.2, 0.25) is 0 Å². The normalized spacial score (nSPS) is 35.2. The number of hydrogen-bond acceptors (Lipinski definition) is 8. The third kappa shape index (κ3) is 1.62. The van der Waals surface area contributed by atoms with E-state index in [2.05, 4.69) is 10.6 Å². The van der Waals surface area contributed by atoms with E-state index >= 15 is 0 Å². The summed E-state index contributed by atoms with van der Waals surface area (Å²) in [5.74, 6) is -2.03. The first-order valence-electron chi connectivity index (χ1n) is 6.70. The lowest BCUT2D eigenvalue weighted by atomic mass is 9.78. The number of nitrogens with one attached hydrogen (secondary N) is 2. The van der Waals surface area contributed by atoms with Crippen LogP contribution in [0.5, 0.6) is 0 Å². The summed E-state index contributed by atoms with van der Waals surface area (Å²) in [6.45, 7) is 4.04. The van der Waals surface area contributed by atoms with E-state index < -0.39 is 24.5 Å². The number of esters is 2. The average molecular weight is 284 g/mol. The molecule has 0 aliphatic carbocycles. The summed E-state index contributed by atoms with van der Waals surface area (Å²) in [6, 6.07) is 0. The Hall–Kier alpha value is -1.22. The summed E-state index contributed by atoms with van der Waals surface area (Å²) in [5, 5.41) is 6.20.